The van der Waals surface area contributed by atoms with Gasteiger partial charge in [0.05, 0.1) is 0 Å². The van der Waals surface area contributed by atoms with Crippen LogP contribution in [0, 0.1) is 11.8 Å². The van der Waals surface area contributed by atoms with E-state index in [0.717, 1.165) is 44.3 Å². The third-order valence-electron chi connectivity index (χ3n) is 4.88. The van der Waals surface area contributed by atoms with Crippen molar-refractivity contribution in [2.45, 2.75) is 58.9 Å². The normalized spacial score (nSPS) is 24.9. The quantitative estimate of drug-likeness (QED) is 0.702. The molecule has 0 saturated carbocycles. The Labute approximate surface area is 112 Å². The Balaban J connectivity index is 1.92. The molecule has 0 spiro atoms. The molecule has 2 saturated heterocycles. The third-order valence-corrected chi connectivity index (χ3v) is 4.88. The molecule has 0 aromatic rings. The van der Waals surface area contributed by atoms with Gasteiger partial charge in [-0.2, -0.15) is 0 Å². The van der Waals surface area contributed by atoms with Crippen molar-refractivity contribution in [1.29, 1.82) is 0 Å². The first-order chi connectivity index (χ1) is 8.42. The summed E-state index contributed by atoms with van der Waals surface area (Å²) in [5, 5.41) is 0. The number of carbonyl (C=O) groups is 1. The van der Waals surface area contributed by atoms with Gasteiger partial charge < -0.3 is 9.80 Å². The van der Waals surface area contributed by atoms with Crippen LogP contribution in [0.15, 0.2) is 0 Å². The average molecular weight is 252 g/mol. The standard InChI is InChI=1S/C15H28N2O/c1-12(2)13-6-10-16(11-7-13)14(18)17-9-5-8-15(17,3)4/h12-13H,5-11H2,1-4H3. The predicted molar refractivity (Wildman–Crippen MR) is 74.6 cm³/mol. The number of urea groups is 1. The van der Waals surface area contributed by atoms with Crippen LogP contribution in [0.3, 0.4) is 0 Å². The molecule has 0 aromatic carbocycles. The zero-order valence-electron chi connectivity index (χ0n) is 12.4. The van der Waals surface area contributed by atoms with E-state index in [-0.39, 0.29) is 11.6 Å². The molecule has 0 radical (unpaired) electrons. The topological polar surface area (TPSA) is 23.6 Å². The zero-order chi connectivity index (χ0) is 13.3. The minimum absolute atomic E-state index is 0.0615. The SMILES string of the molecule is CC(C)C1CCN(C(=O)N2CCCC2(C)C)CC1. The molecule has 2 rings (SSSR count). The van der Waals surface area contributed by atoms with Crippen LogP contribution in [0.25, 0.3) is 0 Å². The van der Waals surface area contributed by atoms with E-state index in [1.165, 1.54) is 12.8 Å². The van der Waals surface area contributed by atoms with E-state index in [4.69, 9.17) is 0 Å². The van der Waals surface area contributed by atoms with E-state index in [2.05, 4.69) is 37.5 Å². The van der Waals surface area contributed by atoms with Crippen molar-refractivity contribution in [2.24, 2.45) is 11.8 Å². The summed E-state index contributed by atoms with van der Waals surface area (Å²) >= 11 is 0. The van der Waals surface area contributed by atoms with Gasteiger partial charge in [-0.15, -0.1) is 0 Å². The second kappa shape index (κ2) is 5.10. The lowest BCUT2D eigenvalue weighted by atomic mass is 9.87. The minimum atomic E-state index is 0.0615. The highest BCUT2D eigenvalue weighted by Gasteiger charge is 2.38. The molecule has 2 fully saturated rings. The van der Waals surface area contributed by atoms with Crippen LogP contribution in [0.4, 0.5) is 4.79 Å². The molecule has 0 aromatic heterocycles. The van der Waals surface area contributed by atoms with Crippen LogP contribution in [0.5, 0.6) is 0 Å². The molecule has 0 bridgehead atoms. The number of rotatable bonds is 1. The Bertz CT molecular complexity index is 304. The van der Waals surface area contributed by atoms with Gasteiger partial charge in [0.1, 0.15) is 0 Å². The highest BCUT2D eigenvalue weighted by molar-refractivity contribution is 5.75. The van der Waals surface area contributed by atoms with Crippen LogP contribution in [0.1, 0.15) is 53.4 Å². The third kappa shape index (κ3) is 2.65. The summed E-state index contributed by atoms with van der Waals surface area (Å²) in [5.74, 6) is 1.56. The first kappa shape index (κ1) is 13.7. The lowest BCUT2D eigenvalue weighted by Crippen LogP contribution is -2.52. The second-order valence-electron chi connectivity index (χ2n) is 6.92. The largest absolute Gasteiger partial charge is 0.325 e. The molecule has 0 atom stereocenters. The van der Waals surface area contributed by atoms with Gasteiger partial charge in [0, 0.05) is 25.2 Å². The average Bonchev–Trinajstić information content (AvgIpc) is 2.68. The zero-order valence-corrected chi connectivity index (χ0v) is 12.4. The summed E-state index contributed by atoms with van der Waals surface area (Å²) in [6.07, 6.45) is 4.65. The van der Waals surface area contributed by atoms with E-state index < -0.39 is 0 Å². The first-order valence-electron chi connectivity index (χ1n) is 7.48. The minimum Gasteiger partial charge on any atom is -0.325 e. The Morgan fingerprint density at radius 1 is 1.17 bits per heavy atom. The van der Waals surface area contributed by atoms with Gasteiger partial charge in [-0.05, 0) is 51.4 Å². The van der Waals surface area contributed by atoms with E-state index in [0.29, 0.717) is 0 Å². The number of hydrogen-bond acceptors (Lipinski definition) is 1. The summed E-state index contributed by atoms with van der Waals surface area (Å²) in [7, 11) is 0. The number of nitrogens with zero attached hydrogens (tertiary/aromatic N) is 2. The van der Waals surface area contributed by atoms with Crippen molar-refractivity contribution >= 4 is 6.03 Å². The van der Waals surface area contributed by atoms with Gasteiger partial charge >= 0.3 is 6.03 Å². The maximum Gasteiger partial charge on any atom is 0.320 e. The number of piperidine rings is 1. The van der Waals surface area contributed by atoms with Crippen molar-refractivity contribution in [3.8, 4) is 0 Å². The smallest absolute Gasteiger partial charge is 0.320 e. The molecule has 0 unspecified atom stereocenters. The fourth-order valence-corrected chi connectivity index (χ4v) is 3.39. The second-order valence-corrected chi connectivity index (χ2v) is 6.92. The molecular weight excluding hydrogens is 224 g/mol. The molecule has 3 nitrogen and oxygen atoms in total. The fourth-order valence-electron chi connectivity index (χ4n) is 3.39. The maximum atomic E-state index is 12.5. The Morgan fingerprint density at radius 3 is 2.22 bits per heavy atom. The van der Waals surface area contributed by atoms with Gasteiger partial charge in [-0.25, -0.2) is 4.79 Å². The molecule has 0 aliphatic carbocycles. The van der Waals surface area contributed by atoms with Crippen molar-refractivity contribution in [3.63, 3.8) is 0 Å². The van der Waals surface area contributed by atoms with Gasteiger partial charge in [0.25, 0.3) is 0 Å². The molecule has 104 valence electrons. The van der Waals surface area contributed by atoms with Crippen molar-refractivity contribution < 1.29 is 4.79 Å². The highest BCUT2D eigenvalue weighted by atomic mass is 16.2. The van der Waals surface area contributed by atoms with Crippen molar-refractivity contribution in [2.75, 3.05) is 19.6 Å². The van der Waals surface area contributed by atoms with Crippen LogP contribution < -0.4 is 0 Å². The summed E-state index contributed by atoms with van der Waals surface area (Å²) in [4.78, 5) is 16.7. The van der Waals surface area contributed by atoms with Crippen LogP contribution in [0.2, 0.25) is 0 Å². The first-order valence-corrected chi connectivity index (χ1v) is 7.48. The number of amides is 2. The monoisotopic (exact) mass is 252 g/mol. The lowest BCUT2D eigenvalue weighted by Gasteiger charge is -2.40. The van der Waals surface area contributed by atoms with Crippen LogP contribution >= 0.6 is 0 Å². The van der Waals surface area contributed by atoms with Crippen LogP contribution in [-0.2, 0) is 0 Å². The molecule has 18 heavy (non-hydrogen) atoms. The van der Waals surface area contributed by atoms with Gasteiger partial charge in [-0.3, -0.25) is 0 Å². The Kier molecular flexibility index (Phi) is 3.88. The highest BCUT2D eigenvalue weighted by Crippen LogP contribution is 2.31. The maximum absolute atomic E-state index is 12.5. The number of hydrogen-bond donors (Lipinski definition) is 0. The Hall–Kier alpha value is -0.730. The molecule has 2 amide bonds. The lowest BCUT2D eigenvalue weighted by molar-refractivity contribution is 0.104. The molecule has 0 N–H and O–H groups in total. The molecule has 2 aliphatic rings. The van der Waals surface area contributed by atoms with Gasteiger partial charge in [0.2, 0.25) is 0 Å². The van der Waals surface area contributed by atoms with Gasteiger partial charge in [0.15, 0.2) is 0 Å². The number of likely N-dealkylation sites (tertiary alicyclic amines) is 2. The van der Waals surface area contributed by atoms with Crippen molar-refractivity contribution in [1.82, 2.24) is 9.80 Å². The fraction of sp³-hybridized carbons (Fsp3) is 0.933. The summed E-state index contributed by atoms with van der Waals surface area (Å²) in [5.41, 5.74) is 0.0615. The van der Waals surface area contributed by atoms with Gasteiger partial charge in [-0.1, -0.05) is 13.8 Å². The molecule has 2 heterocycles. The molecular formula is C15H28N2O. The summed E-state index contributed by atoms with van der Waals surface area (Å²) in [6, 6.07) is 0.278. The van der Waals surface area contributed by atoms with E-state index in [1.807, 2.05) is 0 Å². The van der Waals surface area contributed by atoms with E-state index in [1.54, 1.807) is 0 Å². The van der Waals surface area contributed by atoms with E-state index >= 15 is 0 Å². The Morgan fingerprint density at radius 2 is 1.78 bits per heavy atom. The summed E-state index contributed by atoms with van der Waals surface area (Å²) in [6.45, 7) is 11.8. The van der Waals surface area contributed by atoms with E-state index in [9.17, 15) is 4.79 Å². The molecule has 2 aliphatic heterocycles. The van der Waals surface area contributed by atoms with Crippen LogP contribution in [-0.4, -0.2) is 41.0 Å². The van der Waals surface area contributed by atoms with Crippen molar-refractivity contribution in [3.05, 3.63) is 0 Å². The predicted octanol–water partition coefficient (Wildman–Crippen LogP) is 3.35. The summed E-state index contributed by atoms with van der Waals surface area (Å²) < 4.78 is 0. The molecule has 3 heteroatoms. The number of carbonyl (C=O) groups excluding carboxylic acids is 1.